The second-order valence-electron chi connectivity index (χ2n) is 6.90. The Morgan fingerprint density at radius 3 is 2.50 bits per heavy atom. The first-order valence-corrected chi connectivity index (χ1v) is 9.29. The van der Waals surface area contributed by atoms with Gasteiger partial charge >= 0.3 is 0 Å². The Balaban J connectivity index is 1.61. The molecule has 0 saturated heterocycles. The Labute approximate surface area is 155 Å². The summed E-state index contributed by atoms with van der Waals surface area (Å²) in [7, 11) is 1.61. The van der Waals surface area contributed by atoms with Crippen molar-refractivity contribution in [3.8, 4) is 11.5 Å². The third-order valence-electron chi connectivity index (χ3n) is 4.95. The fourth-order valence-electron chi connectivity index (χ4n) is 3.37. The molecule has 1 amide bonds. The van der Waals surface area contributed by atoms with Crippen LogP contribution in [0.4, 0.5) is 0 Å². The number of benzene rings is 2. The van der Waals surface area contributed by atoms with Crippen LogP contribution in [0.3, 0.4) is 0 Å². The maximum Gasteiger partial charge on any atom is 0.261 e. The van der Waals surface area contributed by atoms with E-state index in [2.05, 4.69) is 23.5 Å². The molecule has 0 radical (unpaired) electrons. The van der Waals surface area contributed by atoms with E-state index in [9.17, 15) is 4.79 Å². The summed E-state index contributed by atoms with van der Waals surface area (Å²) in [6, 6.07) is 13.8. The van der Waals surface area contributed by atoms with Gasteiger partial charge in [0.1, 0.15) is 11.5 Å². The molecule has 2 aromatic carbocycles. The van der Waals surface area contributed by atoms with Crippen LogP contribution in [0.2, 0.25) is 0 Å². The van der Waals surface area contributed by atoms with Crippen molar-refractivity contribution in [2.75, 3.05) is 7.11 Å². The SMILES string of the molecule is COc1cccc(O[C@@H](C)C(=O)N[C@@H](C)c2ccc3c(c2)CCCC3)c1. The van der Waals surface area contributed by atoms with E-state index in [1.807, 2.05) is 25.1 Å². The number of aryl methyl sites for hydroxylation is 2. The number of methoxy groups -OCH3 is 1. The van der Waals surface area contributed by atoms with Gasteiger partial charge in [0.25, 0.3) is 5.91 Å². The van der Waals surface area contributed by atoms with Crippen molar-refractivity contribution in [2.45, 2.75) is 51.7 Å². The molecule has 0 aliphatic heterocycles. The van der Waals surface area contributed by atoms with Gasteiger partial charge < -0.3 is 14.8 Å². The number of carbonyl (C=O) groups excluding carboxylic acids is 1. The van der Waals surface area contributed by atoms with Crippen molar-refractivity contribution in [2.24, 2.45) is 0 Å². The Bertz CT molecular complexity index is 772. The molecular formula is C22H27NO3. The van der Waals surface area contributed by atoms with Crippen LogP contribution in [0.15, 0.2) is 42.5 Å². The molecule has 1 aliphatic carbocycles. The van der Waals surface area contributed by atoms with E-state index in [4.69, 9.17) is 9.47 Å². The summed E-state index contributed by atoms with van der Waals surface area (Å²) in [5.41, 5.74) is 4.02. The predicted molar refractivity (Wildman–Crippen MR) is 103 cm³/mol. The van der Waals surface area contributed by atoms with Crippen LogP contribution >= 0.6 is 0 Å². The van der Waals surface area contributed by atoms with Crippen molar-refractivity contribution < 1.29 is 14.3 Å². The summed E-state index contributed by atoms with van der Waals surface area (Å²) in [5, 5.41) is 3.06. The maximum absolute atomic E-state index is 12.5. The number of amides is 1. The highest BCUT2D eigenvalue weighted by molar-refractivity contribution is 5.81. The fraction of sp³-hybridized carbons (Fsp3) is 0.409. The molecule has 2 aromatic rings. The van der Waals surface area contributed by atoms with Gasteiger partial charge in [0, 0.05) is 6.07 Å². The van der Waals surface area contributed by atoms with Gasteiger partial charge in [0.05, 0.1) is 13.2 Å². The van der Waals surface area contributed by atoms with E-state index in [1.165, 1.54) is 30.4 Å². The Kier molecular flexibility index (Phi) is 5.82. The number of hydrogen-bond donors (Lipinski definition) is 1. The highest BCUT2D eigenvalue weighted by Crippen LogP contribution is 2.25. The molecule has 1 N–H and O–H groups in total. The van der Waals surface area contributed by atoms with E-state index >= 15 is 0 Å². The second kappa shape index (κ2) is 8.26. The molecule has 0 fully saturated rings. The molecule has 138 valence electrons. The first kappa shape index (κ1) is 18.3. The Morgan fingerprint density at radius 1 is 1.00 bits per heavy atom. The van der Waals surface area contributed by atoms with E-state index in [-0.39, 0.29) is 11.9 Å². The van der Waals surface area contributed by atoms with Crippen LogP contribution < -0.4 is 14.8 Å². The van der Waals surface area contributed by atoms with Crippen LogP contribution in [-0.2, 0) is 17.6 Å². The zero-order valence-electron chi connectivity index (χ0n) is 15.7. The largest absolute Gasteiger partial charge is 0.497 e. The smallest absolute Gasteiger partial charge is 0.261 e. The molecular weight excluding hydrogens is 326 g/mol. The molecule has 3 rings (SSSR count). The summed E-state index contributed by atoms with van der Waals surface area (Å²) in [6.45, 7) is 3.77. The van der Waals surface area contributed by atoms with Crippen LogP contribution in [0.5, 0.6) is 11.5 Å². The molecule has 26 heavy (non-hydrogen) atoms. The maximum atomic E-state index is 12.5. The molecule has 0 heterocycles. The van der Waals surface area contributed by atoms with E-state index in [0.717, 1.165) is 12.0 Å². The molecule has 0 aromatic heterocycles. The number of nitrogens with one attached hydrogen (secondary N) is 1. The van der Waals surface area contributed by atoms with Gasteiger partial charge in [-0.05, 0) is 68.4 Å². The highest BCUT2D eigenvalue weighted by atomic mass is 16.5. The standard InChI is InChI=1S/C22H27NO3/c1-15(18-12-11-17-7-4-5-8-19(17)13-18)23-22(24)16(2)26-21-10-6-9-20(14-21)25-3/h6,9-16H,4-5,7-8H2,1-3H3,(H,23,24)/t15-,16-/m0/s1. The summed E-state index contributed by atoms with van der Waals surface area (Å²) in [5.74, 6) is 1.20. The monoisotopic (exact) mass is 353 g/mol. The lowest BCUT2D eigenvalue weighted by molar-refractivity contribution is -0.127. The molecule has 2 atom stereocenters. The molecule has 1 aliphatic rings. The molecule has 0 unspecified atom stereocenters. The summed E-state index contributed by atoms with van der Waals surface area (Å²) in [6.07, 6.45) is 4.25. The molecule has 4 heteroatoms. The number of carbonyl (C=O) groups is 1. The van der Waals surface area contributed by atoms with Crippen molar-refractivity contribution in [3.05, 3.63) is 59.2 Å². The third-order valence-corrected chi connectivity index (χ3v) is 4.95. The van der Waals surface area contributed by atoms with Gasteiger partial charge in [-0.3, -0.25) is 4.79 Å². The number of hydrogen-bond acceptors (Lipinski definition) is 3. The lowest BCUT2D eigenvalue weighted by atomic mass is 9.89. The van der Waals surface area contributed by atoms with Crippen LogP contribution in [0.1, 0.15) is 49.4 Å². The quantitative estimate of drug-likeness (QED) is 0.846. The lowest BCUT2D eigenvalue weighted by Gasteiger charge is -2.22. The Hall–Kier alpha value is -2.49. The number of ether oxygens (including phenoxy) is 2. The first-order valence-electron chi connectivity index (χ1n) is 9.29. The minimum atomic E-state index is -0.581. The molecule has 0 spiro atoms. The van der Waals surface area contributed by atoms with Crippen molar-refractivity contribution in [1.29, 1.82) is 0 Å². The van der Waals surface area contributed by atoms with Crippen LogP contribution in [0.25, 0.3) is 0 Å². The predicted octanol–water partition coefficient (Wildman–Crippen LogP) is 4.22. The molecule has 0 saturated carbocycles. The molecule has 0 bridgehead atoms. The zero-order valence-corrected chi connectivity index (χ0v) is 15.7. The average molecular weight is 353 g/mol. The van der Waals surface area contributed by atoms with Gasteiger partial charge in [-0.15, -0.1) is 0 Å². The van der Waals surface area contributed by atoms with Crippen molar-refractivity contribution in [1.82, 2.24) is 5.32 Å². The van der Waals surface area contributed by atoms with Gasteiger partial charge in [-0.25, -0.2) is 0 Å². The summed E-state index contributed by atoms with van der Waals surface area (Å²) < 4.78 is 10.9. The number of fused-ring (bicyclic) bond motifs is 1. The minimum Gasteiger partial charge on any atom is -0.497 e. The normalized spacial score (nSPS) is 15.5. The Morgan fingerprint density at radius 2 is 1.73 bits per heavy atom. The highest BCUT2D eigenvalue weighted by Gasteiger charge is 2.19. The van der Waals surface area contributed by atoms with E-state index in [1.54, 1.807) is 20.1 Å². The lowest BCUT2D eigenvalue weighted by Crippen LogP contribution is -2.37. The van der Waals surface area contributed by atoms with Gasteiger partial charge in [-0.2, -0.15) is 0 Å². The zero-order chi connectivity index (χ0) is 18.5. The van der Waals surface area contributed by atoms with Crippen molar-refractivity contribution >= 4 is 5.91 Å². The van der Waals surface area contributed by atoms with Crippen molar-refractivity contribution in [3.63, 3.8) is 0 Å². The fourth-order valence-corrected chi connectivity index (χ4v) is 3.37. The molecule has 4 nitrogen and oxygen atoms in total. The van der Waals surface area contributed by atoms with E-state index in [0.29, 0.717) is 11.5 Å². The minimum absolute atomic E-state index is 0.0499. The van der Waals surface area contributed by atoms with Gasteiger partial charge in [-0.1, -0.05) is 24.3 Å². The van der Waals surface area contributed by atoms with Crippen LogP contribution in [-0.4, -0.2) is 19.1 Å². The third kappa shape index (κ3) is 4.37. The van der Waals surface area contributed by atoms with Gasteiger partial charge in [0.15, 0.2) is 6.10 Å². The van der Waals surface area contributed by atoms with Gasteiger partial charge in [0.2, 0.25) is 0 Å². The topological polar surface area (TPSA) is 47.6 Å². The summed E-state index contributed by atoms with van der Waals surface area (Å²) >= 11 is 0. The first-order chi connectivity index (χ1) is 12.6. The number of rotatable bonds is 6. The average Bonchev–Trinajstić information content (AvgIpc) is 2.67. The van der Waals surface area contributed by atoms with Crippen LogP contribution in [0, 0.1) is 0 Å². The summed E-state index contributed by atoms with van der Waals surface area (Å²) in [4.78, 5) is 12.5. The second-order valence-corrected chi connectivity index (χ2v) is 6.90. The van der Waals surface area contributed by atoms with E-state index < -0.39 is 6.10 Å².